The number of pyridine rings is 1. The standard InChI is InChI=1S/C20H20N4O2/c1-13(2)26-19-6-4-3-5-18(19)24-20(25)15-8-10-17-14(11-15)7-9-16(23-17)12-22-21/h3-13H,21H2,1-2H3,(H,24,25). The number of hydrogen-bond acceptors (Lipinski definition) is 5. The molecule has 0 radical (unpaired) electrons. The van der Waals surface area contributed by atoms with Crippen LogP contribution in [0.15, 0.2) is 59.7 Å². The number of ether oxygens (including phenoxy) is 1. The summed E-state index contributed by atoms with van der Waals surface area (Å²) >= 11 is 0. The Morgan fingerprint density at radius 2 is 2.00 bits per heavy atom. The van der Waals surface area contributed by atoms with Crippen molar-refractivity contribution < 1.29 is 9.53 Å². The lowest BCUT2D eigenvalue weighted by atomic mass is 10.1. The summed E-state index contributed by atoms with van der Waals surface area (Å²) in [6, 6.07) is 16.4. The highest BCUT2D eigenvalue weighted by molar-refractivity contribution is 6.07. The number of para-hydroxylation sites is 2. The minimum atomic E-state index is -0.209. The topological polar surface area (TPSA) is 89.6 Å². The van der Waals surface area contributed by atoms with Crippen molar-refractivity contribution in [2.75, 3.05) is 5.32 Å². The first-order valence-electron chi connectivity index (χ1n) is 8.28. The molecule has 1 aromatic heterocycles. The molecule has 26 heavy (non-hydrogen) atoms. The van der Waals surface area contributed by atoms with Crippen LogP contribution in [0.1, 0.15) is 29.9 Å². The quantitative estimate of drug-likeness (QED) is 0.419. The number of hydrogen-bond donors (Lipinski definition) is 2. The average molecular weight is 348 g/mol. The number of amides is 1. The van der Waals surface area contributed by atoms with E-state index >= 15 is 0 Å². The van der Waals surface area contributed by atoms with Crippen molar-refractivity contribution in [3.8, 4) is 5.75 Å². The summed E-state index contributed by atoms with van der Waals surface area (Å²) in [4.78, 5) is 17.1. The van der Waals surface area contributed by atoms with Crippen molar-refractivity contribution in [1.82, 2.24) is 4.98 Å². The maximum atomic E-state index is 12.6. The van der Waals surface area contributed by atoms with Gasteiger partial charge in [-0.15, -0.1) is 0 Å². The molecule has 3 aromatic rings. The van der Waals surface area contributed by atoms with Gasteiger partial charge in [0, 0.05) is 10.9 Å². The Bertz CT molecular complexity index is 967. The maximum absolute atomic E-state index is 12.6. The molecule has 2 aromatic carbocycles. The molecule has 1 amide bonds. The van der Waals surface area contributed by atoms with Crippen LogP contribution in [0.3, 0.4) is 0 Å². The summed E-state index contributed by atoms with van der Waals surface area (Å²) in [5, 5.41) is 7.24. The molecule has 0 spiro atoms. The van der Waals surface area contributed by atoms with Gasteiger partial charge < -0.3 is 15.9 Å². The summed E-state index contributed by atoms with van der Waals surface area (Å²) in [6.45, 7) is 3.89. The van der Waals surface area contributed by atoms with Gasteiger partial charge in [-0.05, 0) is 50.2 Å². The predicted molar refractivity (Wildman–Crippen MR) is 104 cm³/mol. The highest BCUT2D eigenvalue weighted by Gasteiger charge is 2.11. The van der Waals surface area contributed by atoms with Crippen molar-refractivity contribution in [2.45, 2.75) is 20.0 Å². The Kier molecular flexibility index (Phi) is 5.12. The lowest BCUT2D eigenvalue weighted by Crippen LogP contribution is -2.14. The molecule has 0 bridgehead atoms. The number of rotatable bonds is 5. The molecule has 0 fully saturated rings. The van der Waals surface area contributed by atoms with Gasteiger partial charge in [0.2, 0.25) is 0 Å². The molecule has 3 rings (SSSR count). The Morgan fingerprint density at radius 1 is 1.19 bits per heavy atom. The summed E-state index contributed by atoms with van der Waals surface area (Å²) in [7, 11) is 0. The van der Waals surface area contributed by atoms with E-state index < -0.39 is 0 Å². The third-order valence-corrected chi connectivity index (χ3v) is 3.68. The fourth-order valence-corrected chi connectivity index (χ4v) is 2.55. The second kappa shape index (κ2) is 7.65. The number of fused-ring (bicyclic) bond motifs is 1. The van der Waals surface area contributed by atoms with Gasteiger partial charge in [0.05, 0.1) is 29.2 Å². The number of carbonyl (C=O) groups excluding carboxylic acids is 1. The molecule has 0 saturated carbocycles. The fourth-order valence-electron chi connectivity index (χ4n) is 2.55. The molecule has 0 atom stereocenters. The first kappa shape index (κ1) is 17.4. The Balaban J connectivity index is 1.85. The van der Waals surface area contributed by atoms with E-state index in [-0.39, 0.29) is 12.0 Å². The zero-order chi connectivity index (χ0) is 18.5. The number of nitrogens with one attached hydrogen (secondary N) is 1. The van der Waals surface area contributed by atoms with Gasteiger partial charge in [-0.25, -0.2) is 4.98 Å². The summed E-state index contributed by atoms with van der Waals surface area (Å²) in [5.41, 5.74) is 2.61. The van der Waals surface area contributed by atoms with Crippen LogP contribution >= 0.6 is 0 Å². The van der Waals surface area contributed by atoms with Crippen molar-refractivity contribution >= 4 is 28.7 Å². The molecule has 0 aliphatic heterocycles. The Hall–Kier alpha value is -3.41. The molecule has 0 saturated heterocycles. The van der Waals surface area contributed by atoms with Crippen LogP contribution in [0.4, 0.5) is 5.69 Å². The van der Waals surface area contributed by atoms with Gasteiger partial charge in [0.15, 0.2) is 0 Å². The van der Waals surface area contributed by atoms with Gasteiger partial charge >= 0.3 is 0 Å². The molecular weight excluding hydrogens is 328 g/mol. The van der Waals surface area contributed by atoms with Crippen molar-refractivity contribution in [2.24, 2.45) is 10.9 Å². The molecule has 6 nitrogen and oxygen atoms in total. The molecule has 6 heteroatoms. The van der Waals surface area contributed by atoms with E-state index in [2.05, 4.69) is 15.4 Å². The fraction of sp³-hybridized carbons (Fsp3) is 0.150. The molecule has 3 N–H and O–H groups in total. The van der Waals surface area contributed by atoms with Gasteiger partial charge in [0.1, 0.15) is 5.75 Å². The number of hydrazone groups is 1. The number of carbonyl (C=O) groups is 1. The van der Waals surface area contributed by atoms with E-state index in [0.29, 0.717) is 22.7 Å². The van der Waals surface area contributed by atoms with E-state index in [0.717, 1.165) is 10.9 Å². The van der Waals surface area contributed by atoms with Gasteiger partial charge in [-0.3, -0.25) is 4.79 Å². The van der Waals surface area contributed by atoms with Crippen LogP contribution in [0.5, 0.6) is 5.75 Å². The SMILES string of the molecule is CC(C)Oc1ccccc1NC(=O)c1ccc2nc(C=NN)ccc2c1. The zero-order valence-corrected chi connectivity index (χ0v) is 14.6. The van der Waals surface area contributed by atoms with Crippen LogP contribution in [0, 0.1) is 0 Å². The summed E-state index contributed by atoms with van der Waals surface area (Å²) < 4.78 is 5.74. The smallest absolute Gasteiger partial charge is 0.255 e. The number of nitrogens with two attached hydrogens (primary N) is 1. The van der Waals surface area contributed by atoms with E-state index in [1.54, 1.807) is 24.3 Å². The van der Waals surface area contributed by atoms with Crippen LogP contribution < -0.4 is 15.9 Å². The first-order chi connectivity index (χ1) is 12.6. The number of nitrogens with zero attached hydrogens (tertiary/aromatic N) is 2. The molecule has 0 aliphatic carbocycles. The van der Waals surface area contributed by atoms with Gasteiger partial charge in [0.25, 0.3) is 5.91 Å². The number of aromatic nitrogens is 1. The summed E-state index contributed by atoms with van der Waals surface area (Å²) in [5.74, 6) is 5.58. The molecule has 132 valence electrons. The van der Waals surface area contributed by atoms with Gasteiger partial charge in [-0.2, -0.15) is 5.10 Å². The molecule has 0 aliphatic rings. The van der Waals surface area contributed by atoms with Crippen LogP contribution in [-0.4, -0.2) is 23.2 Å². The second-order valence-corrected chi connectivity index (χ2v) is 6.04. The Morgan fingerprint density at radius 3 is 2.77 bits per heavy atom. The van der Waals surface area contributed by atoms with Crippen LogP contribution in [-0.2, 0) is 0 Å². The van der Waals surface area contributed by atoms with Crippen molar-refractivity contribution in [3.05, 3.63) is 65.9 Å². The van der Waals surface area contributed by atoms with Crippen LogP contribution in [0.25, 0.3) is 10.9 Å². The zero-order valence-electron chi connectivity index (χ0n) is 14.6. The predicted octanol–water partition coefficient (Wildman–Crippen LogP) is 3.57. The van der Waals surface area contributed by atoms with Crippen LogP contribution in [0.2, 0.25) is 0 Å². The van der Waals surface area contributed by atoms with E-state index in [1.165, 1.54) is 6.21 Å². The summed E-state index contributed by atoms with van der Waals surface area (Å²) in [6.07, 6.45) is 1.50. The lowest BCUT2D eigenvalue weighted by Gasteiger charge is -2.15. The lowest BCUT2D eigenvalue weighted by molar-refractivity contribution is 0.102. The molecular formula is C20H20N4O2. The average Bonchev–Trinajstić information content (AvgIpc) is 2.62. The highest BCUT2D eigenvalue weighted by atomic mass is 16.5. The monoisotopic (exact) mass is 348 g/mol. The van der Waals surface area contributed by atoms with Crippen molar-refractivity contribution in [3.63, 3.8) is 0 Å². The molecule has 1 heterocycles. The third kappa shape index (κ3) is 3.97. The highest BCUT2D eigenvalue weighted by Crippen LogP contribution is 2.26. The van der Waals surface area contributed by atoms with Crippen molar-refractivity contribution in [1.29, 1.82) is 0 Å². The minimum Gasteiger partial charge on any atom is -0.489 e. The Labute approximate surface area is 151 Å². The van der Waals surface area contributed by atoms with E-state index in [9.17, 15) is 4.79 Å². The minimum absolute atomic E-state index is 0.0195. The maximum Gasteiger partial charge on any atom is 0.255 e. The number of benzene rings is 2. The second-order valence-electron chi connectivity index (χ2n) is 6.04. The normalized spacial score (nSPS) is 11.2. The number of anilines is 1. The molecule has 0 unspecified atom stereocenters. The van der Waals surface area contributed by atoms with E-state index in [4.69, 9.17) is 10.6 Å². The largest absolute Gasteiger partial charge is 0.489 e. The van der Waals surface area contributed by atoms with Gasteiger partial charge in [-0.1, -0.05) is 18.2 Å². The van der Waals surface area contributed by atoms with E-state index in [1.807, 2.05) is 44.2 Å². The first-order valence-corrected chi connectivity index (χ1v) is 8.28. The third-order valence-electron chi connectivity index (χ3n) is 3.68.